The molecule has 0 amide bonds. The van der Waals surface area contributed by atoms with Crippen LogP contribution < -0.4 is 10.6 Å². The molecule has 18 heavy (non-hydrogen) atoms. The van der Waals surface area contributed by atoms with Crippen molar-refractivity contribution in [3.8, 4) is 0 Å². The van der Waals surface area contributed by atoms with Crippen molar-refractivity contribution in [2.24, 2.45) is 0 Å². The molecule has 0 spiro atoms. The van der Waals surface area contributed by atoms with Crippen molar-refractivity contribution in [1.29, 1.82) is 0 Å². The summed E-state index contributed by atoms with van der Waals surface area (Å²) in [6, 6.07) is 6.38. The van der Waals surface area contributed by atoms with Gasteiger partial charge < -0.3 is 10.6 Å². The van der Waals surface area contributed by atoms with Gasteiger partial charge in [-0.15, -0.1) is 0 Å². The third-order valence-corrected chi connectivity index (χ3v) is 3.85. The van der Waals surface area contributed by atoms with Crippen LogP contribution in [0.5, 0.6) is 0 Å². The lowest BCUT2D eigenvalue weighted by Gasteiger charge is -2.21. The molecule has 2 aromatic rings. The van der Waals surface area contributed by atoms with Gasteiger partial charge in [0, 0.05) is 18.4 Å². The molecular weight excluding hydrogens is 339 g/mol. The van der Waals surface area contributed by atoms with Gasteiger partial charge in [-0.05, 0) is 52.7 Å². The van der Waals surface area contributed by atoms with Crippen LogP contribution in [0.1, 0.15) is 11.1 Å². The Morgan fingerprint density at radius 1 is 1.33 bits per heavy atom. The van der Waals surface area contributed by atoms with E-state index in [1.165, 1.54) is 11.1 Å². The number of nitrogens with zero attached hydrogens (tertiary/aromatic N) is 2. The Balaban J connectivity index is 1.96. The van der Waals surface area contributed by atoms with E-state index in [4.69, 9.17) is 0 Å². The number of benzene rings is 1. The maximum Gasteiger partial charge on any atom is 0.147 e. The predicted octanol–water partition coefficient (Wildman–Crippen LogP) is 2.47. The van der Waals surface area contributed by atoms with E-state index in [1.807, 2.05) is 6.20 Å². The van der Waals surface area contributed by atoms with E-state index in [9.17, 15) is 0 Å². The van der Waals surface area contributed by atoms with Crippen LogP contribution in [0.3, 0.4) is 0 Å². The normalized spacial score (nSPS) is 14.1. The molecule has 4 nitrogen and oxygen atoms in total. The van der Waals surface area contributed by atoms with Gasteiger partial charge in [-0.3, -0.25) is 0 Å². The average Bonchev–Trinajstić information content (AvgIpc) is 2.42. The largest absolute Gasteiger partial charge is 0.339 e. The Morgan fingerprint density at radius 3 is 3.17 bits per heavy atom. The molecular formula is C13H13IN4. The highest BCUT2D eigenvalue weighted by molar-refractivity contribution is 14.1. The number of anilines is 2. The highest BCUT2D eigenvalue weighted by atomic mass is 127. The zero-order chi connectivity index (χ0) is 12.4. The van der Waals surface area contributed by atoms with Crippen LogP contribution >= 0.6 is 22.6 Å². The van der Waals surface area contributed by atoms with Crippen LogP contribution in [-0.2, 0) is 13.0 Å². The maximum absolute atomic E-state index is 4.28. The smallest absolute Gasteiger partial charge is 0.147 e. The molecule has 0 atom stereocenters. The lowest BCUT2D eigenvalue weighted by Crippen LogP contribution is -2.24. The van der Waals surface area contributed by atoms with E-state index in [0.717, 1.165) is 34.6 Å². The van der Waals surface area contributed by atoms with Crippen molar-refractivity contribution in [2.75, 3.05) is 11.9 Å². The Labute approximate surface area is 119 Å². The number of nitrogens with one attached hydrogen (secondary N) is 2. The van der Waals surface area contributed by atoms with Gasteiger partial charge in [-0.2, -0.15) is 0 Å². The topological polar surface area (TPSA) is 49.8 Å². The van der Waals surface area contributed by atoms with E-state index in [1.54, 1.807) is 6.33 Å². The number of hydrogen-bond acceptors (Lipinski definition) is 4. The van der Waals surface area contributed by atoms with Crippen LogP contribution in [0.25, 0.3) is 0 Å². The SMILES string of the molecule is Ic1cncnc1Nc1cccc2c1CCNC2. The van der Waals surface area contributed by atoms with E-state index < -0.39 is 0 Å². The molecule has 1 aliphatic heterocycles. The van der Waals surface area contributed by atoms with Crippen molar-refractivity contribution in [2.45, 2.75) is 13.0 Å². The predicted molar refractivity (Wildman–Crippen MR) is 79.9 cm³/mol. The lowest BCUT2D eigenvalue weighted by molar-refractivity contribution is 0.645. The van der Waals surface area contributed by atoms with Crippen LogP contribution in [0.15, 0.2) is 30.7 Å². The van der Waals surface area contributed by atoms with Gasteiger partial charge >= 0.3 is 0 Å². The zero-order valence-electron chi connectivity index (χ0n) is 9.78. The van der Waals surface area contributed by atoms with Crippen molar-refractivity contribution in [1.82, 2.24) is 15.3 Å². The first-order valence-electron chi connectivity index (χ1n) is 5.88. The third kappa shape index (κ3) is 2.32. The molecule has 0 radical (unpaired) electrons. The summed E-state index contributed by atoms with van der Waals surface area (Å²) in [5.74, 6) is 0.873. The summed E-state index contributed by atoms with van der Waals surface area (Å²) in [7, 11) is 0. The van der Waals surface area contributed by atoms with E-state index in [-0.39, 0.29) is 0 Å². The first kappa shape index (κ1) is 11.9. The molecule has 2 N–H and O–H groups in total. The second kappa shape index (κ2) is 5.19. The maximum atomic E-state index is 4.28. The molecule has 0 fully saturated rings. The van der Waals surface area contributed by atoms with E-state index >= 15 is 0 Å². The first-order valence-corrected chi connectivity index (χ1v) is 6.96. The highest BCUT2D eigenvalue weighted by Gasteiger charge is 2.13. The van der Waals surface area contributed by atoms with Gasteiger partial charge in [-0.1, -0.05) is 12.1 Å². The first-order chi connectivity index (χ1) is 8.84. The molecule has 0 aliphatic carbocycles. The van der Waals surface area contributed by atoms with Gasteiger partial charge in [0.15, 0.2) is 0 Å². The monoisotopic (exact) mass is 352 g/mol. The molecule has 92 valence electrons. The molecule has 0 bridgehead atoms. The van der Waals surface area contributed by atoms with Gasteiger partial charge in [0.25, 0.3) is 0 Å². The van der Waals surface area contributed by atoms with Gasteiger partial charge in [0.2, 0.25) is 0 Å². The van der Waals surface area contributed by atoms with Crippen LogP contribution in [0.4, 0.5) is 11.5 Å². The van der Waals surface area contributed by atoms with Crippen molar-refractivity contribution in [3.05, 3.63) is 45.4 Å². The summed E-state index contributed by atoms with van der Waals surface area (Å²) in [6.45, 7) is 1.98. The molecule has 3 rings (SSSR count). The molecule has 0 saturated heterocycles. The van der Waals surface area contributed by atoms with Crippen LogP contribution in [-0.4, -0.2) is 16.5 Å². The second-order valence-electron chi connectivity index (χ2n) is 4.21. The second-order valence-corrected chi connectivity index (χ2v) is 5.38. The quantitative estimate of drug-likeness (QED) is 0.816. The standard InChI is InChI=1S/C13H13IN4/c14-11-7-16-8-17-13(11)18-12-3-1-2-9-6-15-5-4-10(9)12/h1-3,7-8,15H,4-6H2,(H,16,17,18). The molecule has 5 heteroatoms. The summed E-state index contributed by atoms with van der Waals surface area (Å²) in [5, 5.41) is 6.80. The molecule has 0 unspecified atom stereocenters. The molecule has 1 aliphatic rings. The van der Waals surface area contributed by atoms with Gasteiger partial charge in [0.1, 0.15) is 12.1 Å². The fourth-order valence-electron chi connectivity index (χ4n) is 2.18. The highest BCUT2D eigenvalue weighted by Crippen LogP contribution is 2.26. The Kier molecular flexibility index (Phi) is 3.42. The number of aromatic nitrogens is 2. The third-order valence-electron chi connectivity index (χ3n) is 3.06. The molecule has 2 heterocycles. The zero-order valence-corrected chi connectivity index (χ0v) is 11.9. The minimum absolute atomic E-state index is 0.873. The van der Waals surface area contributed by atoms with Crippen molar-refractivity contribution in [3.63, 3.8) is 0 Å². The summed E-state index contributed by atoms with van der Waals surface area (Å²) in [4.78, 5) is 8.28. The summed E-state index contributed by atoms with van der Waals surface area (Å²) < 4.78 is 1.03. The van der Waals surface area contributed by atoms with Crippen molar-refractivity contribution >= 4 is 34.1 Å². The Hall–Kier alpha value is -1.21. The summed E-state index contributed by atoms with van der Waals surface area (Å²) in [6.07, 6.45) is 4.44. The van der Waals surface area contributed by atoms with Gasteiger partial charge in [0.05, 0.1) is 3.57 Å². The minimum Gasteiger partial charge on any atom is -0.339 e. The number of fused-ring (bicyclic) bond motifs is 1. The molecule has 0 saturated carbocycles. The lowest BCUT2D eigenvalue weighted by atomic mass is 9.99. The summed E-state index contributed by atoms with van der Waals surface area (Å²) >= 11 is 2.24. The average molecular weight is 352 g/mol. The Bertz CT molecular complexity index is 571. The number of hydrogen-bond donors (Lipinski definition) is 2. The molecule has 1 aromatic heterocycles. The Morgan fingerprint density at radius 2 is 2.28 bits per heavy atom. The fourth-order valence-corrected chi connectivity index (χ4v) is 2.62. The van der Waals surface area contributed by atoms with Gasteiger partial charge in [-0.25, -0.2) is 9.97 Å². The molecule has 1 aromatic carbocycles. The number of halogens is 1. The van der Waals surface area contributed by atoms with Crippen LogP contribution in [0, 0.1) is 3.57 Å². The fraction of sp³-hybridized carbons (Fsp3) is 0.231. The van der Waals surface area contributed by atoms with Crippen molar-refractivity contribution < 1.29 is 0 Å². The van der Waals surface area contributed by atoms with E-state index in [0.29, 0.717) is 0 Å². The summed E-state index contributed by atoms with van der Waals surface area (Å²) in [5.41, 5.74) is 3.92. The minimum atomic E-state index is 0.873. The number of rotatable bonds is 2. The van der Waals surface area contributed by atoms with E-state index in [2.05, 4.69) is 61.4 Å². The van der Waals surface area contributed by atoms with Crippen LogP contribution in [0.2, 0.25) is 0 Å².